The van der Waals surface area contributed by atoms with E-state index in [0.717, 1.165) is 24.0 Å². The van der Waals surface area contributed by atoms with Crippen LogP contribution in [0.2, 0.25) is 0 Å². The number of ether oxygens (including phenoxy) is 1. The van der Waals surface area contributed by atoms with Crippen molar-refractivity contribution < 1.29 is 19.0 Å². The molecule has 1 fully saturated rings. The molecular weight excluding hydrogens is 285 g/mol. The number of hydrogen-bond donors (Lipinski definition) is 1. The normalized spacial score (nSPS) is 17.4. The summed E-state index contributed by atoms with van der Waals surface area (Å²) in [4.78, 5) is 13.7. The zero-order valence-corrected chi connectivity index (χ0v) is 13.4. The van der Waals surface area contributed by atoms with Crippen molar-refractivity contribution in [1.82, 2.24) is 4.90 Å². The minimum atomic E-state index is -0.689. The monoisotopic (exact) mass is 309 g/mol. The summed E-state index contributed by atoms with van der Waals surface area (Å²) in [5, 5.41) is 10.5. The SMILES string of the molecule is COC(=O)C(C)CN(CC(O)c1ccc(F)cc1C)C1CC1. The predicted octanol–water partition coefficient (Wildman–Crippen LogP) is 2.44. The third-order valence-electron chi connectivity index (χ3n) is 4.17. The first-order valence-electron chi connectivity index (χ1n) is 7.68. The molecule has 1 aliphatic rings. The van der Waals surface area contributed by atoms with Crippen LogP contribution in [0.4, 0.5) is 4.39 Å². The van der Waals surface area contributed by atoms with Gasteiger partial charge in [-0.25, -0.2) is 4.39 Å². The molecule has 5 heteroatoms. The maximum absolute atomic E-state index is 13.2. The van der Waals surface area contributed by atoms with Crippen molar-refractivity contribution in [3.8, 4) is 0 Å². The van der Waals surface area contributed by atoms with Crippen molar-refractivity contribution in [3.05, 3.63) is 35.1 Å². The third-order valence-corrected chi connectivity index (χ3v) is 4.17. The molecule has 2 unspecified atom stereocenters. The summed E-state index contributed by atoms with van der Waals surface area (Å²) in [6.07, 6.45) is 1.48. The average Bonchev–Trinajstić information content (AvgIpc) is 3.29. The van der Waals surface area contributed by atoms with Gasteiger partial charge in [-0.05, 0) is 43.0 Å². The first-order valence-corrected chi connectivity index (χ1v) is 7.68. The molecule has 1 saturated carbocycles. The Morgan fingerprint density at radius 3 is 2.68 bits per heavy atom. The molecule has 0 aromatic heterocycles. The molecule has 4 nitrogen and oxygen atoms in total. The van der Waals surface area contributed by atoms with Crippen molar-refractivity contribution in [2.24, 2.45) is 5.92 Å². The summed E-state index contributed by atoms with van der Waals surface area (Å²) in [7, 11) is 1.39. The van der Waals surface area contributed by atoms with Gasteiger partial charge in [0, 0.05) is 19.1 Å². The minimum Gasteiger partial charge on any atom is -0.469 e. The highest BCUT2D eigenvalue weighted by atomic mass is 19.1. The second-order valence-electron chi connectivity index (χ2n) is 6.13. The van der Waals surface area contributed by atoms with Gasteiger partial charge in [-0.1, -0.05) is 13.0 Å². The minimum absolute atomic E-state index is 0.230. The Hall–Kier alpha value is -1.46. The van der Waals surface area contributed by atoms with Crippen LogP contribution in [0.3, 0.4) is 0 Å². The van der Waals surface area contributed by atoms with Crippen molar-refractivity contribution in [3.63, 3.8) is 0 Å². The third kappa shape index (κ3) is 4.27. The molecule has 1 aliphatic carbocycles. The molecule has 0 heterocycles. The molecule has 0 spiro atoms. The highest BCUT2D eigenvalue weighted by Gasteiger charge is 2.33. The number of aliphatic hydroxyl groups excluding tert-OH is 1. The van der Waals surface area contributed by atoms with Gasteiger partial charge >= 0.3 is 5.97 Å². The lowest BCUT2D eigenvalue weighted by Gasteiger charge is -2.27. The van der Waals surface area contributed by atoms with Gasteiger partial charge in [0.2, 0.25) is 0 Å². The molecule has 0 amide bonds. The summed E-state index contributed by atoms with van der Waals surface area (Å²) in [5.41, 5.74) is 1.47. The molecule has 0 aliphatic heterocycles. The lowest BCUT2D eigenvalue weighted by Crippen LogP contribution is -2.37. The molecule has 22 heavy (non-hydrogen) atoms. The maximum atomic E-state index is 13.2. The number of methoxy groups -OCH3 is 1. The number of halogens is 1. The molecule has 2 rings (SSSR count). The van der Waals surface area contributed by atoms with E-state index in [4.69, 9.17) is 4.74 Å². The fourth-order valence-electron chi connectivity index (χ4n) is 2.77. The van der Waals surface area contributed by atoms with Crippen molar-refractivity contribution >= 4 is 5.97 Å². The smallest absolute Gasteiger partial charge is 0.309 e. The van der Waals surface area contributed by atoms with Crippen LogP contribution < -0.4 is 0 Å². The number of aryl methyl sites for hydroxylation is 1. The van der Waals surface area contributed by atoms with Crippen LogP contribution in [-0.4, -0.2) is 42.2 Å². The maximum Gasteiger partial charge on any atom is 0.309 e. The number of benzene rings is 1. The molecule has 1 aromatic carbocycles. The second kappa shape index (κ2) is 7.20. The van der Waals surface area contributed by atoms with Crippen LogP contribution in [0.5, 0.6) is 0 Å². The van der Waals surface area contributed by atoms with Crippen molar-refractivity contribution in [2.45, 2.75) is 38.8 Å². The van der Waals surface area contributed by atoms with Gasteiger partial charge in [-0.3, -0.25) is 9.69 Å². The molecule has 0 saturated heterocycles. The number of esters is 1. The molecule has 1 aromatic rings. The lowest BCUT2D eigenvalue weighted by molar-refractivity contribution is -0.145. The number of aliphatic hydroxyl groups is 1. The summed E-state index contributed by atoms with van der Waals surface area (Å²) >= 11 is 0. The molecule has 0 bridgehead atoms. The van der Waals surface area contributed by atoms with E-state index < -0.39 is 6.10 Å². The van der Waals surface area contributed by atoms with E-state index in [9.17, 15) is 14.3 Å². The average molecular weight is 309 g/mol. The fourth-order valence-corrected chi connectivity index (χ4v) is 2.77. The van der Waals surface area contributed by atoms with E-state index in [-0.39, 0.29) is 17.7 Å². The molecule has 1 N–H and O–H groups in total. The Kier molecular flexibility index (Phi) is 5.53. The molecular formula is C17H24FNO3. The number of carbonyl (C=O) groups excluding carboxylic acids is 1. The van der Waals surface area contributed by atoms with E-state index in [2.05, 4.69) is 4.90 Å². The van der Waals surface area contributed by atoms with Crippen molar-refractivity contribution in [1.29, 1.82) is 0 Å². The van der Waals surface area contributed by atoms with E-state index in [0.29, 0.717) is 19.1 Å². The van der Waals surface area contributed by atoms with Crippen LogP contribution in [0.25, 0.3) is 0 Å². The Morgan fingerprint density at radius 2 is 2.14 bits per heavy atom. The van der Waals surface area contributed by atoms with Gasteiger partial charge in [0.05, 0.1) is 19.1 Å². The van der Waals surface area contributed by atoms with E-state index in [1.165, 1.54) is 19.2 Å². The van der Waals surface area contributed by atoms with Gasteiger partial charge in [0.15, 0.2) is 0 Å². The standard InChI is InChI=1S/C17H24FNO3/c1-11-8-13(18)4-7-15(11)16(20)10-19(14-5-6-14)9-12(2)17(21)22-3/h4,7-8,12,14,16,20H,5-6,9-10H2,1-3H3. The van der Waals surface area contributed by atoms with Crippen LogP contribution in [0.15, 0.2) is 18.2 Å². The van der Waals surface area contributed by atoms with Crippen LogP contribution in [0.1, 0.15) is 37.0 Å². The van der Waals surface area contributed by atoms with Gasteiger partial charge in [0.25, 0.3) is 0 Å². The first-order chi connectivity index (χ1) is 10.4. The largest absolute Gasteiger partial charge is 0.469 e. The Bertz CT molecular complexity index is 531. The first kappa shape index (κ1) is 16.9. The van der Waals surface area contributed by atoms with Gasteiger partial charge in [-0.2, -0.15) is 0 Å². The lowest BCUT2D eigenvalue weighted by atomic mass is 10.0. The summed E-state index contributed by atoms with van der Waals surface area (Å²) in [6.45, 7) is 4.63. The van der Waals surface area contributed by atoms with Crippen LogP contribution in [0, 0.1) is 18.7 Å². The second-order valence-corrected chi connectivity index (χ2v) is 6.13. The number of carbonyl (C=O) groups is 1. The predicted molar refractivity (Wildman–Crippen MR) is 81.9 cm³/mol. The zero-order chi connectivity index (χ0) is 16.3. The molecule has 122 valence electrons. The Balaban J connectivity index is 2.02. The zero-order valence-electron chi connectivity index (χ0n) is 13.4. The number of nitrogens with zero attached hydrogens (tertiary/aromatic N) is 1. The van der Waals surface area contributed by atoms with Gasteiger partial charge < -0.3 is 9.84 Å². The van der Waals surface area contributed by atoms with E-state index in [1.54, 1.807) is 13.0 Å². The Labute approximate surface area is 130 Å². The summed E-state index contributed by atoms with van der Waals surface area (Å²) in [6, 6.07) is 4.84. The highest BCUT2D eigenvalue weighted by Crippen LogP contribution is 2.30. The van der Waals surface area contributed by atoms with Gasteiger partial charge in [0.1, 0.15) is 5.82 Å². The molecule has 2 atom stereocenters. The van der Waals surface area contributed by atoms with Crippen LogP contribution in [-0.2, 0) is 9.53 Å². The Morgan fingerprint density at radius 1 is 1.45 bits per heavy atom. The summed E-state index contributed by atoms with van der Waals surface area (Å²) < 4.78 is 17.9. The number of hydrogen-bond acceptors (Lipinski definition) is 4. The summed E-state index contributed by atoms with van der Waals surface area (Å²) in [5.74, 6) is -0.767. The topological polar surface area (TPSA) is 49.8 Å². The highest BCUT2D eigenvalue weighted by molar-refractivity contribution is 5.72. The van der Waals surface area contributed by atoms with Gasteiger partial charge in [-0.15, -0.1) is 0 Å². The quantitative estimate of drug-likeness (QED) is 0.786. The molecule has 0 radical (unpaired) electrons. The van der Waals surface area contributed by atoms with E-state index in [1.807, 2.05) is 6.92 Å². The van der Waals surface area contributed by atoms with Crippen LogP contribution >= 0.6 is 0 Å². The van der Waals surface area contributed by atoms with E-state index >= 15 is 0 Å². The number of rotatable bonds is 7. The van der Waals surface area contributed by atoms with Crippen molar-refractivity contribution in [2.75, 3.05) is 20.2 Å². The fraction of sp³-hybridized carbons (Fsp3) is 0.588.